The van der Waals surface area contributed by atoms with Crippen molar-refractivity contribution in [3.05, 3.63) is 68.6 Å². The van der Waals surface area contributed by atoms with Crippen molar-refractivity contribution in [2.75, 3.05) is 11.9 Å². The number of nitrogens with zero attached hydrogens (tertiary/aromatic N) is 1. The van der Waals surface area contributed by atoms with Crippen LogP contribution in [0.25, 0.3) is 0 Å². The molecular weight excluding hydrogens is 396 g/mol. The lowest BCUT2D eigenvalue weighted by Crippen LogP contribution is -2.11. The summed E-state index contributed by atoms with van der Waals surface area (Å²) in [5, 5.41) is 4.33. The maximum Gasteiger partial charge on any atom is 0.267 e. The zero-order chi connectivity index (χ0) is 20.1. The third kappa shape index (κ3) is 5.03. The molecule has 28 heavy (non-hydrogen) atoms. The molecule has 0 aliphatic heterocycles. The van der Waals surface area contributed by atoms with Crippen LogP contribution in [0.5, 0.6) is 11.5 Å². The number of halogens is 1. The van der Waals surface area contributed by atoms with Crippen molar-refractivity contribution in [2.24, 2.45) is 0 Å². The fraction of sp³-hybridized carbons (Fsp3) is 0.238. The summed E-state index contributed by atoms with van der Waals surface area (Å²) in [6.45, 7) is 6.57. The molecule has 2 aromatic carbocycles. The summed E-state index contributed by atoms with van der Waals surface area (Å²) < 4.78 is 11.2. The summed E-state index contributed by atoms with van der Waals surface area (Å²) in [4.78, 5) is 17.6. The first kappa shape index (κ1) is 20.2. The van der Waals surface area contributed by atoms with E-state index in [0.29, 0.717) is 34.5 Å². The number of amides is 1. The molecule has 0 saturated carbocycles. The lowest BCUT2D eigenvalue weighted by Gasteiger charge is -2.06. The van der Waals surface area contributed by atoms with E-state index >= 15 is 0 Å². The predicted octanol–water partition coefficient (Wildman–Crippen LogP) is 5.64. The number of rotatable bonds is 7. The van der Waals surface area contributed by atoms with Gasteiger partial charge in [-0.3, -0.25) is 4.79 Å². The minimum absolute atomic E-state index is 0.187. The van der Waals surface area contributed by atoms with Crippen LogP contribution in [0.15, 0.2) is 42.5 Å². The number of carbonyl (C=O) groups is 1. The van der Waals surface area contributed by atoms with E-state index in [2.05, 4.69) is 10.3 Å². The van der Waals surface area contributed by atoms with Crippen molar-refractivity contribution < 1.29 is 14.3 Å². The summed E-state index contributed by atoms with van der Waals surface area (Å²) in [7, 11) is 0. The van der Waals surface area contributed by atoms with Crippen LogP contribution < -0.4 is 14.8 Å². The normalized spacial score (nSPS) is 10.6. The summed E-state index contributed by atoms with van der Waals surface area (Å²) >= 11 is 7.36. The second-order valence-corrected chi connectivity index (χ2v) is 7.62. The zero-order valence-electron chi connectivity index (χ0n) is 15.9. The van der Waals surface area contributed by atoms with Gasteiger partial charge in [0.05, 0.1) is 12.3 Å². The maximum atomic E-state index is 12.6. The van der Waals surface area contributed by atoms with Crippen molar-refractivity contribution in [2.45, 2.75) is 27.4 Å². The van der Waals surface area contributed by atoms with Gasteiger partial charge in [-0.1, -0.05) is 11.6 Å². The van der Waals surface area contributed by atoms with Crippen molar-refractivity contribution in [3.63, 3.8) is 0 Å². The molecule has 1 aromatic heterocycles. The summed E-state index contributed by atoms with van der Waals surface area (Å²) in [6.07, 6.45) is 0. The Labute approximate surface area is 173 Å². The van der Waals surface area contributed by atoms with E-state index in [1.807, 2.05) is 57.2 Å². The molecular formula is C21H21ClN2O3S. The number of aryl methyl sites for hydroxylation is 2. The predicted molar refractivity (Wildman–Crippen MR) is 113 cm³/mol. The molecule has 0 spiro atoms. The topological polar surface area (TPSA) is 60.5 Å². The summed E-state index contributed by atoms with van der Waals surface area (Å²) in [6, 6.07) is 12.8. The summed E-state index contributed by atoms with van der Waals surface area (Å²) in [5.74, 6) is 1.30. The average Bonchev–Trinajstić information content (AvgIpc) is 3.05. The van der Waals surface area contributed by atoms with Crippen LogP contribution in [-0.4, -0.2) is 17.5 Å². The Kier molecular flexibility index (Phi) is 6.54. The molecule has 3 aromatic rings. The average molecular weight is 417 g/mol. The van der Waals surface area contributed by atoms with E-state index in [-0.39, 0.29) is 5.91 Å². The van der Waals surface area contributed by atoms with Gasteiger partial charge in [0.15, 0.2) is 0 Å². The van der Waals surface area contributed by atoms with Gasteiger partial charge in [-0.15, -0.1) is 11.3 Å². The molecule has 0 aliphatic carbocycles. The second kappa shape index (κ2) is 9.08. The van der Waals surface area contributed by atoms with Crippen molar-refractivity contribution in [1.29, 1.82) is 0 Å². The molecule has 1 amide bonds. The van der Waals surface area contributed by atoms with Gasteiger partial charge >= 0.3 is 0 Å². The number of nitrogens with one attached hydrogen (secondary N) is 1. The molecule has 0 radical (unpaired) electrons. The molecule has 5 nitrogen and oxygen atoms in total. The first-order chi connectivity index (χ1) is 13.5. The number of aromatic nitrogens is 1. The summed E-state index contributed by atoms with van der Waals surface area (Å²) in [5.41, 5.74) is 2.33. The molecule has 0 atom stereocenters. The monoisotopic (exact) mass is 416 g/mol. The second-order valence-electron chi connectivity index (χ2n) is 6.13. The standard InChI is InChI=1S/C21H21ClN2O3S/c1-4-26-16-7-5-15(6-8-16)24-21(25)20-14(3)23-19(28-20)12-27-17-9-10-18(22)13(2)11-17/h5-11H,4,12H2,1-3H3,(H,24,25). The van der Waals surface area contributed by atoms with Gasteiger partial charge in [0.2, 0.25) is 0 Å². The quantitative estimate of drug-likeness (QED) is 0.541. The van der Waals surface area contributed by atoms with E-state index in [1.165, 1.54) is 11.3 Å². The fourth-order valence-corrected chi connectivity index (χ4v) is 3.56. The van der Waals surface area contributed by atoms with Crippen LogP contribution in [0.3, 0.4) is 0 Å². The Bertz CT molecular complexity index is 970. The maximum absolute atomic E-state index is 12.6. The molecule has 146 valence electrons. The van der Waals surface area contributed by atoms with Gasteiger partial charge in [-0.25, -0.2) is 4.98 Å². The molecule has 0 fully saturated rings. The molecule has 0 aliphatic rings. The van der Waals surface area contributed by atoms with Crippen LogP contribution in [0, 0.1) is 13.8 Å². The van der Waals surface area contributed by atoms with E-state index < -0.39 is 0 Å². The molecule has 0 unspecified atom stereocenters. The van der Waals surface area contributed by atoms with Crippen molar-refractivity contribution in [3.8, 4) is 11.5 Å². The third-order valence-corrected chi connectivity index (χ3v) is 5.52. The Morgan fingerprint density at radius 1 is 1.11 bits per heavy atom. The van der Waals surface area contributed by atoms with E-state index in [1.54, 1.807) is 6.07 Å². The highest BCUT2D eigenvalue weighted by Crippen LogP contribution is 2.25. The largest absolute Gasteiger partial charge is 0.494 e. The fourth-order valence-electron chi connectivity index (χ4n) is 2.57. The molecule has 1 N–H and O–H groups in total. The van der Waals surface area contributed by atoms with E-state index in [0.717, 1.165) is 22.1 Å². The number of hydrogen-bond donors (Lipinski definition) is 1. The number of anilines is 1. The molecule has 3 rings (SSSR count). The van der Waals surface area contributed by atoms with Crippen LogP contribution in [0.1, 0.15) is 32.9 Å². The molecule has 7 heteroatoms. The van der Waals surface area contributed by atoms with Gasteiger partial charge in [-0.2, -0.15) is 0 Å². The Balaban J connectivity index is 1.63. The highest BCUT2D eigenvalue weighted by molar-refractivity contribution is 7.13. The van der Waals surface area contributed by atoms with Gasteiger partial charge in [0, 0.05) is 10.7 Å². The van der Waals surface area contributed by atoms with E-state index in [9.17, 15) is 4.79 Å². The molecule has 1 heterocycles. The number of ether oxygens (including phenoxy) is 2. The molecule has 0 bridgehead atoms. The van der Waals surface area contributed by atoms with Crippen LogP contribution in [0.2, 0.25) is 5.02 Å². The third-order valence-electron chi connectivity index (χ3n) is 3.96. The number of benzene rings is 2. The zero-order valence-corrected chi connectivity index (χ0v) is 17.5. The number of thiazole rings is 1. The number of carbonyl (C=O) groups excluding carboxylic acids is 1. The van der Waals surface area contributed by atoms with Crippen molar-refractivity contribution >= 4 is 34.5 Å². The van der Waals surface area contributed by atoms with Gasteiger partial charge in [0.1, 0.15) is 28.0 Å². The van der Waals surface area contributed by atoms with Crippen LogP contribution in [-0.2, 0) is 6.61 Å². The first-order valence-corrected chi connectivity index (χ1v) is 10.0. The van der Waals surface area contributed by atoms with Crippen LogP contribution in [0.4, 0.5) is 5.69 Å². The van der Waals surface area contributed by atoms with Crippen LogP contribution >= 0.6 is 22.9 Å². The Morgan fingerprint density at radius 2 is 1.82 bits per heavy atom. The van der Waals surface area contributed by atoms with Crippen molar-refractivity contribution in [1.82, 2.24) is 4.98 Å². The van der Waals surface area contributed by atoms with Gasteiger partial charge in [0.25, 0.3) is 5.91 Å². The van der Waals surface area contributed by atoms with E-state index in [4.69, 9.17) is 21.1 Å². The lowest BCUT2D eigenvalue weighted by molar-refractivity contribution is 0.103. The Morgan fingerprint density at radius 3 is 2.50 bits per heavy atom. The Hall–Kier alpha value is -2.57. The lowest BCUT2D eigenvalue weighted by atomic mass is 10.2. The smallest absolute Gasteiger partial charge is 0.267 e. The highest BCUT2D eigenvalue weighted by atomic mass is 35.5. The highest BCUT2D eigenvalue weighted by Gasteiger charge is 2.16. The van der Waals surface area contributed by atoms with Gasteiger partial charge < -0.3 is 14.8 Å². The van der Waals surface area contributed by atoms with Gasteiger partial charge in [-0.05, 0) is 68.8 Å². The minimum atomic E-state index is -0.187. The first-order valence-electron chi connectivity index (χ1n) is 8.85. The number of hydrogen-bond acceptors (Lipinski definition) is 5. The SMILES string of the molecule is CCOc1ccc(NC(=O)c2sc(COc3ccc(Cl)c(C)c3)nc2C)cc1. The minimum Gasteiger partial charge on any atom is -0.494 e. The molecule has 0 saturated heterocycles.